The molecule has 0 spiro atoms. The summed E-state index contributed by atoms with van der Waals surface area (Å²) in [5.74, 6) is 0.302. The molecule has 23 heavy (non-hydrogen) atoms. The van der Waals surface area contributed by atoms with Crippen molar-refractivity contribution in [2.24, 2.45) is 0 Å². The Bertz CT molecular complexity index is 784. The Morgan fingerprint density at radius 3 is 2.43 bits per heavy atom. The third kappa shape index (κ3) is 4.21. The Morgan fingerprint density at radius 2 is 1.87 bits per heavy atom. The zero-order valence-electron chi connectivity index (χ0n) is 13.4. The molecule has 0 bridgehead atoms. The molecule has 0 aromatic heterocycles. The molecular weight excluding hydrogens is 288 g/mol. The third-order valence-corrected chi connectivity index (χ3v) is 3.42. The van der Waals surface area contributed by atoms with E-state index < -0.39 is 5.91 Å². The molecule has 0 atom stereocenters. The van der Waals surface area contributed by atoms with Crippen LogP contribution in [0.1, 0.15) is 16.7 Å². The number of hydrogen-bond acceptors (Lipinski definition) is 3. The van der Waals surface area contributed by atoms with Crippen molar-refractivity contribution in [1.82, 2.24) is 0 Å². The number of benzene rings is 2. The molecular formula is C19H18N2O2. The lowest BCUT2D eigenvalue weighted by molar-refractivity contribution is -0.112. The first kappa shape index (κ1) is 16.3. The zero-order chi connectivity index (χ0) is 16.8. The number of amides is 1. The van der Waals surface area contributed by atoms with Crippen molar-refractivity contribution in [2.45, 2.75) is 13.8 Å². The minimum absolute atomic E-state index is 0.0511. The van der Waals surface area contributed by atoms with Crippen LogP contribution in [0.15, 0.2) is 48.0 Å². The number of carbonyl (C=O) groups is 1. The number of hydrogen-bond donors (Lipinski definition) is 1. The second kappa shape index (κ2) is 7.28. The van der Waals surface area contributed by atoms with Gasteiger partial charge < -0.3 is 10.1 Å². The summed E-state index contributed by atoms with van der Waals surface area (Å²) in [5, 5.41) is 12.0. The molecule has 2 aromatic carbocycles. The third-order valence-electron chi connectivity index (χ3n) is 3.42. The van der Waals surface area contributed by atoms with Crippen LogP contribution in [0.3, 0.4) is 0 Å². The van der Waals surface area contributed by atoms with Crippen molar-refractivity contribution < 1.29 is 9.53 Å². The predicted molar refractivity (Wildman–Crippen MR) is 91.1 cm³/mol. The van der Waals surface area contributed by atoms with Gasteiger partial charge in [0.2, 0.25) is 0 Å². The molecule has 0 aliphatic carbocycles. The van der Waals surface area contributed by atoms with Crippen LogP contribution >= 0.6 is 0 Å². The van der Waals surface area contributed by atoms with Crippen LogP contribution in [0, 0.1) is 25.2 Å². The summed E-state index contributed by atoms with van der Waals surface area (Å²) in [6.45, 7) is 3.91. The highest BCUT2D eigenvalue weighted by Crippen LogP contribution is 2.18. The fraction of sp³-hybridized carbons (Fsp3) is 0.158. The smallest absolute Gasteiger partial charge is 0.266 e. The molecule has 116 valence electrons. The predicted octanol–water partition coefficient (Wildman–Crippen LogP) is 3.86. The first-order valence-electron chi connectivity index (χ1n) is 7.18. The van der Waals surface area contributed by atoms with Crippen molar-refractivity contribution in [3.05, 3.63) is 64.7 Å². The highest BCUT2D eigenvalue weighted by atomic mass is 16.5. The monoisotopic (exact) mass is 306 g/mol. The van der Waals surface area contributed by atoms with E-state index in [1.54, 1.807) is 37.5 Å². The number of ether oxygens (including phenoxy) is 1. The van der Waals surface area contributed by atoms with Crippen LogP contribution in [0.4, 0.5) is 5.69 Å². The molecule has 0 saturated carbocycles. The molecule has 0 unspecified atom stereocenters. The van der Waals surface area contributed by atoms with Gasteiger partial charge in [-0.2, -0.15) is 5.26 Å². The first-order valence-corrected chi connectivity index (χ1v) is 7.18. The lowest BCUT2D eigenvalue weighted by Crippen LogP contribution is -2.14. The molecule has 4 nitrogen and oxygen atoms in total. The molecule has 0 aliphatic heterocycles. The van der Waals surface area contributed by atoms with Gasteiger partial charge in [-0.3, -0.25) is 4.79 Å². The SMILES string of the molecule is COc1ccc(C=C(C#N)C(=O)Nc2ccc(C)cc2C)cc1. The van der Waals surface area contributed by atoms with Gasteiger partial charge in [-0.25, -0.2) is 0 Å². The fourth-order valence-corrected chi connectivity index (χ4v) is 2.16. The number of aryl methyl sites for hydroxylation is 2. The van der Waals surface area contributed by atoms with E-state index in [4.69, 9.17) is 4.74 Å². The summed E-state index contributed by atoms with van der Waals surface area (Å²) in [7, 11) is 1.59. The van der Waals surface area contributed by atoms with Crippen LogP contribution in [0.25, 0.3) is 6.08 Å². The summed E-state index contributed by atoms with van der Waals surface area (Å²) in [6.07, 6.45) is 1.55. The van der Waals surface area contributed by atoms with Crippen LogP contribution in [-0.4, -0.2) is 13.0 Å². The lowest BCUT2D eigenvalue weighted by Gasteiger charge is -2.08. The largest absolute Gasteiger partial charge is 0.497 e. The van der Waals surface area contributed by atoms with Gasteiger partial charge in [0.25, 0.3) is 5.91 Å². The van der Waals surface area contributed by atoms with Gasteiger partial charge in [-0.1, -0.05) is 29.8 Å². The minimum Gasteiger partial charge on any atom is -0.497 e. The van der Waals surface area contributed by atoms with E-state index in [1.807, 2.05) is 38.1 Å². The number of nitrogens with zero attached hydrogens (tertiary/aromatic N) is 1. The van der Waals surface area contributed by atoms with E-state index >= 15 is 0 Å². The molecule has 0 radical (unpaired) electrons. The topological polar surface area (TPSA) is 62.1 Å². The molecule has 0 saturated heterocycles. The average molecular weight is 306 g/mol. The summed E-state index contributed by atoms with van der Waals surface area (Å²) in [4.78, 5) is 12.3. The van der Waals surface area contributed by atoms with Crippen LogP contribution < -0.4 is 10.1 Å². The van der Waals surface area contributed by atoms with E-state index in [2.05, 4.69) is 5.32 Å². The normalized spacial score (nSPS) is 10.8. The Kier molecular flexibility index (Phi) is 5.16. The van der Waals surface area contributed by atoms with Gasteiger partial charge in [0.05, 0.1) is 7.11 Å². The van der Waals surface area contributed by atoms with Crippen molar-refractivity contribution >= 4 is 17.7 Å². The number of nitriles is 1. The van der Waals surface area contributed by atoms with Gasteiger partial charge in [0.15, 0.2) is 0 Å². The van der Waals surface area contributed by atoms with E-state index in [9.17, 15) is 10.1 Å². The van der Waals surface area contributed by atoms with Crippen molar-refractivity contribution in [2.75, 3.05) is 12.4 Å². The second-order valence-electron chi connectivity index (χ2n) is 5.22. The fourth-order valence-electron chi connectivity index (χ4n) is 2.16. The quantitative estimate of drug-likeness (QED) is 0.689. The number of anilines is 1. The maximum absolute atomic E-state index is 12.3. The van der Waals surface area contributed by atoms with Crippen LogP contribution in [0.5, 0.6) is 5.75 Å². The molecule has 0 heterocycles. The van der Waals surface area contributed by atoms with Gasteiger partial charge in [0, 0.05) is 5.69 Å². The minimum atomic E-state index is -0.421. The van der Waals surface area contributed by atoms with Gasteiger partial charge >= 0.3 is 0 Å². The number of methoxy groups -OCH3 is 1. The maximum atomic E-state index is 12.3. The molecule has 2 aromatic rings. The zero-order valence-corrected chi connectivity index (χ0v) is 13.4. The summed E-state index contributed by atoms with van der Waals surface area (Å²) in [6, 6.07) is 14.8. The maximum Gasteiger partial charge on any atom is 0.266 e. The van der Waals surface area contributed by atoms with Gasteiger partial charge in [-0.05, 0) is 49.2 Å². The Labute approximate surface area is 136 Å². The standard InChI is InChI=1S/C19H18N2O2/c1-13-4-9-18(14(2)10-13)21-19(22)16(12-20)11-15-5-7-17(23-3)8-6-15/h4-11H,1-3H3,(H,21,22). The molecule has 0 aliphatic rings. The summed E-state index contributed by atoms with van der Waals surface area (Å²) >= 11 is 0. The van der Waals surface area contributed by atoms with Crippen molar-refractivity contribution in [1.29, 1.82) is 5.26 Å². The Balaban J connectivity index is 2.20. The average Bonchev–Trinajstić information content (AvgIpc) is 2.55. The van der Waals surface area contributed by atoms with E-state index in [1.165, 1.54) is 0 Å². The Hall–Kier alpha value is -3.06. The van der Waals surface area contributed by atoms with E-state index in [0.29, 0.717) is 5.69 Å². The van der Waals surface area contributed by atoms with Gasteiger partial charge in [-0.15, -0.1) is 0 Å². The van der Waals surface area contributed by atoms with E-state index in [-0.39, 0.29) is 5.57 Å². The molecule has 1 amide bonds. The highest BCUT2D eigenvalue weighted by molar-refractivity contribution is 6.09. The number of rotatable bonds is 4. The van der Waals surface area contributed by atoms with Crippen molar-refractivity contribution in [3.8, 4) is 11.8 Å². The molecule has 4 heteroatoms. The van der Waals surface area contributed by atoms with Crippen molar-refractivity contribution in [3.63, 3.8) is 0 Å². The highest BCUT2D eigenvalue weighted by Gasteiger charge is 2.11. The molecule has 1 N–H and O–H groups in total. The summed E-state index contributed by atoms with van der Waals surface area (Å²) < 4.78 is 5.08. The molecule has 0 fully saturated rings. The Morgan fingerprint density at radius 1 is 1.17 bits per heavy atom. The van der Waals surface area contributed by atoms with Crippen LogP contribution in [-0.2, 0) is 4.79 Å². The van der Waals surface area contributed by atoms with Gasteiger partial charge in [0.1, 0.15) is 17.4 Å². The second-order valence-corrected chi connectivity index (χ2v) is 5.22. The lowest BCUT2D eigenvalue weighted by atomic mass is 10.1. The molecule has 2 rings (SSSR count). The number of nitrogens with one attached hydrogen (secondary N) is 1. The number of carbonyl (C=O) groups excluding carboxylic acids is 1. The van der Waals surface area contributed by atoms with E-state index in [0.717, 1.165) is 22.4 Å². The van der Waals surface area contributed by atoms with Crippen LogP contribution in [0.2, 0.25) is 0 Å². The summed E-state index contributed by atoms with van der Waals surface area (Å²) in [5.41, 5.74) is 3.60. The first-order chi connectivity index (χ1) is 11.0.